The summed E-state index contributed by atoms with van der Waals surface area (Å²) in [7, 11) is 1.66. The zero-order valence-electron chi connectivity index (χ0n) is 13.6. The summed E-state index contributed by atoms with van der Waals surface area (Å²) in [6, 6.07) is 13.8. The first kappa shape index (κ1) is 16.2. The van der Waals surface area contributed by atoms with Crippen molar-refractivity contribution in [3.8, 4) is 17.2 Å². The van der Waals surface area contributed by atoms with Crippen LogP contribution in [0.15, 0.2) is 42.5 Å². The second-order valence-electron chi connectivity index (χ2n) is 5.33. The van der Waals surface area contributed by atoms with E-state index < -0.39 is 0 Å². The lowest BCUT2D eigenvalue weighted by Crippen LogP contribution is -2.02. The van der Waals surface area contributed by atoms with E-state index in [0.29, 0.717) is 13.2 Å². The molecule has 0 heterocycles. The lowest BCUT2D eigenvalue weighted by Gasteiger charge is -2.09. The van der Waals surface area contributed by atoms with Crippen LogP contribution in [-0.2, 0) is 0 Å². The molecule has 0 fully saturated rings. The summed E-state index contributed by atoms with van der Waals surface area (Å²) in [5.74, 6) is 2.66. The van der Waals surface area contributed by atoms with Gasteiger partial charge in [0.2, 0.25) is 0 Å². The standard InChI is InChI=1S/C19H24O3/c1-15-6-7-19(14-16(15)2)22-13-5-4-12-21-18-10-8-17(20-3)9-11-18/h6-11,14H,4-5,12-13H2,1-3H3. The summed E-state index contributed by atoms with van der Waals surface area (Å²) < 4.78 is 16.5. The molecule has 2 aromatic carbocycles. The minimum atomic E-state index is 0.697. The number of ether oxygens (including phenoxy) is 3. The summed E-state index contributed by atoms with van der Waals surface area (Å²) in [5.41, 5.74) is 2.56. The van der Waals surface area contributed by atoms with Crippen molar-refractivity contribution in [2.24, 2.45) is 0 Å². The zero-order chi connectivity index (χ0) is 15.8. The third kappa shape index (κ3) is 4.99. The minimum Gasteiger partial charge on any atom is -0.497 e. The number of rotatable bonds is 8. The lowest BCUT2D eigenvalue weighted by molar-refractivity contribution is 0.266. The van der Waals surface area contributed by atoms with Crippen LogP contribution < -0.4 is 14.2 Å². The monoisotopic (exact) mass is 300 g/mol. The maximum Gasteiger partial charge on any atom is 0.119 e. The third-order valence-corrected chi connectivity index (χ3v) is 3.61. The minimum absolute atomic E-state index is 0.697. The molecule has 0 saturated heterocycles. The molecule has 0 aliphatic carbocycles. The number of hydrogen-bond acceptors (Lipinski definition) is 3. The van der Waals surface area contributed by atoms with Crippen molar-refractivity contribution in [2.75, 3.05) is 20.3 Å². The molecule has 2 aromatic rings. The Morgan fingerprint density at radius 3 is 1.82 bits per heavy atom. The van der Waals surface area contributed by atoms with Crippen molar-refractivity contribution in [1.29, 1.82) is 0 Å². The smallest absolute Gasteiger partial charge is 0.119 e. The summed E-state index contributed by atoms with van der Waals surface area (Å²) in [6.45, 7) is 5.62. The second-order valence-corrected chi connectivity index (χ2v) is 5.33. The highest BCUT2D eigenvalue weighted by Crippen LogP contribution is 2.18. The van der Waals surface area contributed by atoms with Crippen LogP contribution in [0, 0.1) is 13.8 Å². The van der Waals surface area contributed by atoms with Gasteiger partial charge in [0.1, 0.15) is 17.2 Å². The van der Waals surface area contributed by atoms with Gasteiger partial charge in [-0.2, -0.15) is 0 Å². The van der Waals surface area contributed by atoms with Crippen molar-refractivity contribution in [2.45, 2.75) is 26.7 Å². The Morgan fingerprint density at radius 1 is 0.682 bits per heavy atom. The van der Waals surface area contributed by atoms with Crippen LogP contribution in [0.1, 0.15) is 24.0 Å². The molecular formula is C19H24O3. The molecule has 0 amide bonds. The molecule has 0 saturated carbocycles. The largest absolute Gasteiger partial charge is 0.497 e. The van der Waals surface area contributed by atoms with Gasteiger partial charge in [0, 0.05) is 0 Å². The van der Waals surface area contributed by atoms with Gasteiger partial charge in [0.25, 0.3) is 0 Å². The van der Waals surface area contributed by atoms with E-state index in [-0.39, 0.29) is 0 Å². The highest BCUT2D eigenvalue weighted by molar-refractivity contribution is 5.33. The fourth-order valence-corrected chi connectivity index (χ4v) is 2.06. The Balaban J connectivity index is 1.61. The maximum absolute atomic E-state index is 5.75. The van der Waals surface area contributed by atoms with E-state index in [1.807, 2.05) is 30.3 Å². The van der Waals surface area contributed by atoms with E-state index in [9.17, 15) is 0 Å². The Bertz CT molecular complexity index is 576. The molecule has 3 heteroatoms. The molecular weight excluding hydrogens is 276 g/mol. The van der Waals surface area contributed by atoms with Crippen LogP contribution in [-0.4, -0.2) is 20.3 Å². The number of aryl methyl sites for hydroxylation is 2. The Hall–Kier alpha value is -2.16. The van der Waals surface area contributed by atoms with Gasteiger partial charge < -0.3 is 14.2 Å². The number of unbranched alkanes of at least 4 members (excludes halogenated alkanes) is 1. The highest BCUT2D eigenvalue weighted by Gasteiger charge is 1.98. The topological polar surface area (TPSA) is 27.7 Å². The average Bonchev–Trinajstić information content (AvgIpc) is 2.54. The van der Waals surface area contributed by atoms with E-state index in [4.69, 9.17) is 14.2 Å². The molecule has 3 nitrogen and oxygen atoms in total. The van der Waals surface area contributed by atoms with Crippen molar-refractivity contribution >= 4 is 0 Å². The first-order valence-electron chi connectivity index (χ1n) is 7.66. The molecule has 0 spiro atoms. The van der Waals surface area contributed by atoms with Gasteiger partial charge in [0.15, 0.2) is 0 Å². The fraction of sp³-hybridized carbons (Fsp3) is 0.368. The van der Waals surface area contributed by atoms with Gasteiger partial charge in [-0.1, -0.05) is 6.07 Å². The summed E-state index contributed by atoms with van der Waals surface area (Å²) in [5, 5.41) is 0. The third-order valence-electron chi connectivity index (χ3n) is 3.61. The molecule has 2 rings (SSSR count). The lowest BCUT2D eigenvalue weighted by atomic mass is 10.1. The van der Waals surface area contributed by atoms with Crippen LogP contribution in [0.5, 0.6) is 17.2 Å². The number of hydrogen-bond donors (Lipinski definition) is 0. The van der Waals surface area contributed by atoms with E-state index in [1.165, 1.54) is 11.1 Å². The molecule has 0 bridgehead atoms. The Kier molecular flexibility index (Phi) is 6.13. The van der Waals surface area contributed by atoms with Gasteiger partial charge in [-0.25, -0.2) is 0 Å². The van der Waals surface area contributed by atoms with E-state index in [1.54, 1.807) is 7.11 Å². The van der Waals surface area contributed by atoms with Gasteiger partial charge in [0.05, 0.1) is 20.3 Å². The van der Waals surface area contributed by atoms with E-state index in [2.05, 4.69) is 26.0 Å². The van der Waals surface area contributed by atoms with E-state index >= 15 is 0 Å². The molecule has 0 radical (unpaired) electrons. The summed E-state index contributed by atoms with van der Waals surface area (Å²) in [4.78, 5) is 0. The highest BCUT2D eigenvalue weighted by atomic mass is 16.5. The maximum atomic E-state index is 5.75. The molecule has 0 aliphatic heterocycles. The average molecular weight is 300 g/mol. The number of methoxy groups -OCH3 is 1. The Morgan fingerprint density at radius 2 is 1.23 bits per heavy atom. The normalized spacial score (nSPS) is 10.3. The van der Waals surface area contributed by atoms with Gasteiger partial charge in [-0.3, -0.25) is 0 Å². The van der Waals surface area contributed by atoms with Crippen LogP contribution in [0.2, 0.25) is 0 Å². The molecule has 0 unspecified atom stereocenters. The first-order chi connectivity index (χ1) is 10.7. The van der Waals surface area contributed by atoms with Crippen LogP contribution in [0.3, 0.4) is 0 Å². The van der Waals surface area contributed by atoms with Gasteiger partial charge in [-0.15, -0.1) is 0 Å². The van der Waals surface area contributed by atoms with Crippen molar-refractivity contribution in [3.63, 3.8) is 0 Å². The quantitative estimate of drug-likeness (QED) is 0.669. The SMILES string of the molecule is COc1ccc(OCCCCOc2ccc(C)c(C)c2)cc1. The van der Waals surface area contributed by atoms with E-state index in [0.717, 1.165) is 30.1 Å². The predicted molar refractivity (Wildman–Crippen MR) is 89.1 cm³/mol. The number of benzene rings is 2. The second kappa shape index (κ2) is 8.32. The summed E-state index contributed by atoms with van der Waals surface area (Å²) in [6.07, 6.45) is 1.94. The van der Waals surface area contributed by atoms with Gasteiger partial charge >= 0.3 is 0 Å². The van der Waals surface area contributed by atoms with Crippen molar-refractivity contribution < 1.29 is 14.2 Å². The summed E-state index contributed by atoms with van der Waals surface area (Å²) >= 11 is 0. The van der Waals surface area contributed by atoms with Crippen LogP contribution in [0.25, 0.3) is 0 Å². The zero-order valence-corrected chi connectivity index (χ0v) is 13.6. The Labute approximate surface area is 132 Å². The molecule has 0 aromatic heterocycles. The molecule has 0 N–H and O–H groups in total. The van der Waals surface area contributed by atoms with Crippen LogP contribution >= 0.6 is 0 Å². The van der Waals surface area contributed by atoms with Crippen molar-refractivity contribution in [3.05, 3.63) is 53.6 Å². The molecule has 22 heavy (non-hydrogen) atoms. The van der Waals surface area contributed by atoms with Crippen LogP contribution in [0.4, 0.5) is 0 Å². The predicted octanol–water partition coefficient (Wildman–Crippen LogP) is 4.55. The molecule has 118 valence electrons. The molecule has 0 aliphatic rings. The fourth-order valence-electron chi connectivity index (χ4n) is 2.06. The van der Waals surface area contributed by atoms with Gasteiger partial charge in [-0.05, 0) is 74.2 Å². The van der Waals surface area contributed by atoms with Crippen molar-refractivity contribution in [1.82, 2.24) is 0 Å². The molecule has 0 atom stereocenters. The first-order valence-corrected chi connectivity index (χ1v) is 7.66.